The highest BCUT2D eigenvalue weighted by Gasteiger charge is 2.40. The van der Waals surface area contributed by atoms with Crippen LogP contribution in [0.3, 0.4) is 0 Å². The van der Waals surface area contributed by atoms with Crippen LogP contribution in [0, 0.1) is 0 Å². The predicted molar refractivity (Wildman–Crippen MR) is 84.9 cm³/mol. The number of sulfone groups is 1. The third-order valence-corrected chi connectivity index (χ3v) is 5.36. The summed E-state index contributed by atoms with van der Waals surface area (Å²) >= 11 is 5.29. The average Bonchev–Trinajstić information content (AvgIpc) is 2.70. The molecule has 0 unspecified atom stereocenters. The van der Waals surface area contributed by atoms with E-state index in [1.165, 1.54) is 4.90 Å². The van der Waals surface area contributed by atoms with Crippen LogP contribution in [0.2, 0.25) is 0 Å². The number of para-hydroxylation sites is 1. The Balaban J connectivity index is 2.13. The van der Waals surface area contributed by atoms with Crippen LogP contribution >= 0.6 is 12.2 Å². The number of anilines is 1. The number of hydrogen-bond acceptors (Lipinski definition) is 5. The summed E-state index contributed by atoms with van der Waals surface area (Å²) in [4.78, 5) is 1.54. The molecular formula is C13H18N2O4S2. The zero-order valence-electron chi connectivity index (χ0n) is 11.3. The fourth-order valence-corrected chi connectivity index (χ4v) is 4.50. The molecule has 0 spiro atoms. The van der Waals surface area contributed by atoms with Crippen molar-refractivity contribution in [3.63, 3.8) is 0 Å². The molecule has 1 saturated heterocycles. The van der Waals surface area contributed by atoms with E-state index in [-0.39, 0.29) is 29.8 Å². The molecule has 0 aliphatic carbocycles. The molecule has 1 aliphatic heterocycles. The maximum Gasteiger partial charge on any atom is 0.173 e. The largest absolute Gasteiger partial charge is 0.395 e. The zero-order chi connectivity index (χ0) is 15.5. The number of benzene rings is 1. The molecule has 0 aromatic heterocycles. The molecule has 6 nitrogen and oxygen atoms in total. The first-order chi connectivity index (χ1) is 9.93. The number of aliphatic hydroxyl groups is 2. The smallest absolute Gasteiger partial charge is 0.173 e. The minimum atomic E-state index is -3.28. The van der Waals surface area contributed by atoms with Crippen LogP contribution in [0.1, 0.15) is 0 Å². The number of aliphatic hydroxyl groups excluding tert-OH is 2. The SMILES string of the molecule is O=S1(=O)C[C@@H](O)[C@H](N(CCO)C(=S)Nc2ccccc2)C1. The van der Waals surface area contributed by atoms with Gasteiger partial charge in [0.25, 0.3) is 0 Å². The third-order valence-electron chi connectivity index (χ3n) is 3.32. The van der Waals surface area contributed by atoms with Crippen molar-refractivity contribution < 1.29 is 18.6 Å². The summed E-state index contributed by atoms with van der Waals surface area (Å²) in [6, 6.07) is 8.57. The molecule has 8 heteroatoms. The maximum absolute atomic E-state index is 11.6. The van der Waals surface area contributed by atoms with Gasteiger partial charge in [0.05, 0.1) is 30.3 Å². The van der Waals surface area contributed by atoms with E-state index in [1.54, 1.807) is 0 Å². The fourth-order valence-electron chi connectivity index (χ4n) is 2.35. The summed E-state index contributed by atoms with van der Waals surface area (Å²) in [6.07, 6.45) is -1.00. The number of nitrogens with zero attached hydrogens (tertiary/aromatic N) is 1. The van der Waals surface area contributed by atoms with Gasteiger partial charge in [0, 0.05) is 12.2 Å². The van der Waals surface area contributed by atoms with Crippen LogP contribution in [0.5, 0.6) is 0 Å². The Labute approximate surface area is 129 Å². The molecule has 1 aromatic carbocycles. The number of thiocarbonyl (C=S) groups is 1. The van der Waals surface area contributed by atoms with Crippen LogP contribution in [0.4, 0.5) is 5.69 Å². The number of nitrogens with one attached hydrogen (secondary N) is 1. The van der Waals surface area contributed by atoms with E-state index in [0.29, 0.717) is 0 Å². The predicted octanol–water partition coefficient (Wildman–Crippen LogP) is -0.164. The second-order valence-corrected chi connectivity index (χ2v) is 7.47. The summed E-state index contributed by atoms with van der Waals surface area (Å²) in [6.45, 7) is -0.0181. The van der Waals surface area contributed by atoms with Crippen molar-refractivity contribution in [3.8, 4) is 0 Å². The Morgan fingerprint density at radius 1 is 1.33 bits per heavy atom. The van der Waals surface area contributed by atoms with Crippen molar-refractivity contribution in [1.82, 2.24) is 4.90 Å². The summed E-state index contributed by atoms with van der Waals surface area (Å²) in [7, 11) is -3.28. The third kappa shape index (κ3) is 4.13. The van der Waals surface area contributed by atoms with Crippen molar-refractivity contribution in [2.75, 3.05) is 30.0 Å². The van der Waals surface area contributed by atoms with Gasteiger partial charge >= 0.3 is 0 Å². The van der Waals surface area contributed by atoms with Crippen LogP contribution in [-0.2, 0) is 9.84 Å². The molecule has 1 fully saturated rings. The molecule has 116 valence electrons. The Morgan fingerprint density at radius 2 is 2.00 bits per heavy atom. The summed E-state index contributed by atoms with van der Waals surface area (Å²) in [5.74, 6) is -0.432. The van der Waals surface area contributed by atoms with Crippen LogP contribution in [0.25, 0.3) is 0 Å². The molecule has 21 heavy (non-hydrogen) atoms. The van der Waals surface area contributed by atoms with Gasteiger partial charge in [-0.3, -0.25) is 0 Å². The van der Waals surface area contributed by atoms with E-state index in [4.69, 9.17) is 17.3 Å². The first-order valence-corrected chi connectivity index (χ1v) is 8.78. The summed E-state index contributed by atoms with van der Waals surface area (Å²) in [5, 5.41) is 22.4. The van der Waals surface area contributed by atoms with Crippen LogP contribution in [0.15, 0.2) is 30.3 Å². The molecule has 2 atom stereocenters. The number of rotatable bonds is 4. The van der Waals surface area contributed by atoms with Crippen molar-refractivity contribution in [3.05, 3.63) is 30.3 Å². The molecule has 0 radical (unpaired) electrons. The second-order valence-electron chi connectivity index (χ2n) is 4.92. The zero-order valence-corrected chi connectivity index (χ0v) is 13.0. The molecule has 0 bridgehead atoms. The Kier molecular flexibility index (Phi) is 5.15. The Bertz CT molecular complexity index is 591. The van der Waals surface area contributed by atoms with Gasteiger partial charge in [-0.25, -0.2) is 8.42 Å². The van der Waals surface area contributed by atoms with Crippen LogP contribution in [-0.4, -0.2) is 65.4 Å². The monoisotopic (exact) mass is 330 g/mol. The second kappa shape index (κ2) is 6.69. The topological polar surface area (TPSA) is 89.9 Å². The lowest BCUT2D eigenvalue weighted by Gasteiger charge is -2.32. The summed E-state index contributed by atoms with van der Waals surface area (Å²) < 4.78 is 23.3. The lowest BCUT2D eigenvalue weighted by atomic mass is 10.2. The van der Waals surface area contributed by atoms with Gasteiger partial charge < -0.3 is 20.4 Å². The normalized spacial score (nSPS) is 23.7. The van der Waals surface area contributed by atoms with Crippen molar-refractivity contribution in [2.24, 2.45) is 0 Å². The molecule has 1 aliphatic rings. The lowest BCUT2D eigenvalue weighted by molar-refractivity contribution is 0.113. The molecule has 1 heterocycles. The molecule has 0 saturated carbocycles. The minimum absolute atomic E-state index is 0.162. The van der Waals surface area contributed by atoms with Crippen LogP contribution < -0.4 is 5.32 Å². The van der Waals surface area contributed by atoms with E-state index < -0.39 is 22.0 Å². The maximum atomic E-state index is 11.6. The van der Waals surface area contributed by atoms with Gasteiger partial charge in [0.1, 0.15) is 0 Å². The van der Waals surface area contributed by atoms with Gasteiger partial charge in [-0.05, 0) is 24.4 Å². The number of hydrogen-bond donors (Lipinski definition) is 3. The molecule has 0 amide bonds. The van der Waals surface area contributed by atoms with Gasteiger partial charge in [0.15, 0.2) is 14.9 Å². The molecule has 3 N–H and O–H groups in total. The van der Waals surface area contributed by atoms with Gasteiger partial charge in [0.2, 0.25) is 0 Å². The van der Waals surface area contributed by atoms with Crippen molar-refractivity contribution in [1.29, 1.82) is 0 Å². The first-order valence-electron chi connectivity index (χ1n) is 6.55. The van der Waals surface area contributed by atoms with E-state index in [1.807, 2.05) is 30.3 Å². The Hall–Kier alpha value is -1.22. The van der Waals surface area contributed by atoms with Gasteiger partial charge in [-0.1, -0.05) is 18.2 Å². The highest BCUT2D eigenvalue weighted by Crippen LogP contribution is 2.20. The average molecular weight is 330 g/mol. The lowest BCUT2D eigenvalue weighted by Crippen LogP contribution is -2.49. The molecule has 1 aromatic rings. The van der Waals surface area contributed by atoms with Gasteiger partial charge in [-0.15, -0.1) is 0 Å². The standard InChI is InChI=1S/C13H18N2O4S2/c16-7-6-15(11-8-21(18,19)9-12(11)17)13(20)14-10-4-2-1-3-5-10/h1-5,11-12,16-17H,6-9H2,(H,14,20)/t11-,12-/m1/s1. The van der Waals surface area contributed by atoms with Gasteiger partial charge in [-0.2, -0.15) is 0 Å². The van der Waals surface area contributed by atoms with E-state index in [0.717, 1.165) is 5.69 Å². The highest BCUT2D eigenvalue weighted by molar-refractivity contribution is 7.91. The highest BCUT2D eigenvalue weighted by atomic mass is 32.2. The van der Waals surface area contributed by atoms with Crippen molar-refractivity contribution >= 4 is 32.9 Å². The van der Waals surface area contributed by atoms with Crippen molar-refractivity contribution in [2.45, 2.75) is 12.1 Å². The van der Waals surface area contributed by atoms with E-state index in [2.05, 4.69) is 5.32 Å². The van der Waals surface area contributed by atoms with E-state index >= 15 is 0 Å². The molecular weight excluding hydrogens is 312 g/mol. The first kappa shape index (κ1) is 16.2. The summed E-state index contributed by atoms with van der Waals surface area (Å²) in [5.41, 5.74) is 0.765. The fraction of sp³-hybridized carbons (Fsp3) is 0.462. The Morgan fingerprint density at radius 3 is 2.52 bits per heavy atom. The molecule has 2 rings (SSSR count). The minimum Gasteiger partial charge on any atom is -0.395 e. The quantitative estimate of drug-likeness (QED) is 0.661. The van der Waals surface area contributed by atoms with E-state index in [9.17, 15) is 13.5 Å².